The largest absolute Gasteiger partial charge is 2.00 e. The fourth-order valence-corrected chi connectivity index (χ4v) is 19.6. The average Bonchev–Trinajstić information content (AvgIpc) is 0.765. The van der Waals surface area contributed by atoms with Crippen LogP contribution in [0.15, 0.2) is 246 Å². The van der Waals surface area contributed by atoms with Crippen LogP contribution in [0.4, 0.5) is 0 Å². The first-order chi connectivity index (χ1) is 62.7. The molecular weight excluding hydrogens is 1750 g/mol. The van der Waals surface area contributed by atoms with Gasteiger partial charge in [-0.1, -0.05) is 179 Å². The van der Waals surface area contributed by atoms with Gasteiger partial charge in [0, 0.05) is 53.3 Å². The van der Waals surface area contributed by atoms with Crippen molar-refractivity contribution in [2.45, 2.75) is 230 Å². The van der Waals surface area contributed by atoms with Gasteiger partial charge in [-0.2, -0.15) is 0 Å². The van der Waals surface area contributed by atoms with Crippen LogP contribution in [-0.4, -0.2) is 142 Å². The van der Waals surface area contributed by atoms with E-state index in [9.17, 15) is 54.6 Å². The summed E-state index contributed by atoms with van der Waals surface area (Å²) >= 11 is 0. The average molecular weight is 1860 g/mol. The zero-order valence-electron chi connectivity index (χ0n) is 76.4. The summed E-state index contributed by atoms with van der Waals surface area (Å²) in [6.07, 6.45) is 28.0. The first-order valence-corrected chi connectivity index (χ1v) is 45.5. The van der Waals surface area contributed by atoms with Crippen LogP contribution in [0.5, 0.6) is 0 Å². The van der Waals surface area contributed by atoms with E-state index < -0.39 is 35.6 Å². The number of Topliss-reactive ketones (excluding diaryl/α,β-unsaturated/α-hetero) is 1. The van der Waals surface area contributed by atoms with Crippen LogP contribution < -0.4 is 39.2 Å². The Bertz CT molecular complexity index is 6790. The number of halogens is 1. The molecule has 16 aromatic rings. The van der Waals surface area contributed by atoms with E-state index in [1.54, 1.807) is 95.9 Å². The number of fused-ring (bicyclic) bond motifs is 12. The maximum atomic E-state index is 13.5. The molecule has 0 unspecified atom stereocenters. The zero-order chi connectivity index (χ0) is 90.8. The van der Waals surface area contributed by atoms with E-state index in [2.05, 4.69) is 70.7 Å². The maximum absolute atomic E-state index is 13.5. The van der Waals surface area contributed by atoms with Gasteiger partial charge in [0.1, 0.15) is 16.9 Å². The number of hydrogen-bond acceptors (Lipinski definition) is 19. The molecule has 0 amide bonds. The Morgan fingerprint density at radius 1 is 0.338 bits per heavy atom. The van der Waals surface area contributed by atoms with Crippen molar-refractivity contribution in [3.05, 3.63) is 343 Å². The maximum Gasteiger partial charge on any atom is 2.00 e. The predicted molar refractivity (Wildman–Crippen MR) is 524 cm³/mol. The number of aromatic nitrogens is 12. The van der Waals surface area contributed by atoms with Gasteiger partial charge in [0.25, 0.3) is 22.2 Å². The van der Waals surface area contributed by atoms with Crippen LogP contribution in [0.1, 0.15) is 241 Å². The molecule has 4 fully saturated rings. The molecule has 133 heavy (non-hydrogen) atoms. The Labute approximate surface area is 798 Å². The molecule has 0 radical (unpaired) electrons. The normalized spacial score (nSPS) is 18.6. The third-order valence-corrected chi connectivity index (χ3v) is 26.6. The standard InChI is InChI=1S/2C27H29N3O3.C27H27N3O2.C26H25N3O3.CH3.BrH.Mg/c2*1-27(2,33)24-12-11-17(15-28-24)13-18-14-21-25(20-8-4-3-7-19(18)20)29-16-30(26(21)32)22-9-5-6-10-23(22)31;1-17(2)23-12-11-18(15-28-23)13-19-14-22-26(21-8-4-3-7-20(19)21)29-16-30(27(22)32)24-9-5-6-10-25(24)31;1-16(30)22-11-10-17(14-27-22)12-18-13-21-25(20-7-3-2-6-19(18)20)28-15-29(26(21)32)23-8-4-5-9-24(23)31;;;/h2*3-4,7-8,11-12,14-16,22-23,31,33H,5-6,9-10,13H2,1-2H3;3-4,7-8,11-12,14-16,24-25,31H,1,5-6,9-10,13H2,2H3;2-3,6-7,10-11,13-15,23-24,31H,4-5,8-9,12H2,1H3;1H3;1H;/q;;;;-1;;+2/p-1/t2*22-,23-;24-,25-;23-,24-;;;/m0000.../s1. The molecule has 8 aromatic heterocycles. The zero-order valence-corrected chi connectivity index (χ0v) is 79.4. The van der Waals surface area contributed by atoms with E-state index in [4.69, 9.17) is 0 Å². The molecule has 8 atom stereocenters. The van der Waals surface area contributed by atoms with Crippen LogP contribution in [-0.2, 0) is 36.9 Å². The summed E-state index contributed by atoms with van der Waals surface area (Å²) in [5.74, 6) is -0.0655. The Morgan fingerprint density at radius 3 is 0.782 bits per heavy atom. The molecule has 25 heteroatoms. The summed E-state index contributed by atoms with van der Waals surface area (Å²) in [6.45, 7) is 14.3. The van der Waals surface area contributed by atoms with Gasteiger partial charge in [-0.05, 0) is 232 Å². The van der Waals surface area contributed by atoms with Crippen LogP contribution >= 0.6 is 0 Å². The number of nitrogens with zero attached hydrogens (tertiary/aromatic N) is 12. The van der Waals surface area contributed by atoms with Crippen molar-refractivity contribution < 1.29 is 52.4 Å². The molecule has 20 rings (SSSR count). The number of carbonyl (C=O) groups excluding carboxylic acids is 1. The molecule has 0 saturated heterocycles. The van der Waals surface area contributed by atoms with Crippen LogP contribution in [0, 0.1) is 7.43 Å². The first-order valence-electron chi connectivity index (χ1n) is 45.5. The fraction of sp³-hybridized carbons (Fsp3) is 0.333. The minimum Gasteiger partial charge on any atom is -1.00 e. The summed E-state index contributed by atoms with van der Waals surface area (Å²) in [7, 11) is 0. The molecule has 4 aliphatic rings. The second-order valence-electron chi connectivity index (χ2n) is 36.8. The first kappa shape index (κ1) is 97.4. The number of carbonyl (C=O) groups is 1. The summed E-state index contributed by atoms with van der Waals surface area (Å²) in [5, 5.41) is 72.7. The van der Waals surface area contributed by atoms with Crippen molar-refractivity contribution in [3.8, 4) is 0 Å². The summed E-state index contributed by atoms with van der Waals surface area (Å²) in [5.41, 5.74) is 12.1. The molecule has 6 N–H and O–H groups in total. The van der Waals surface area contributed by atoms with E-state index in [1.165, 1.54) is 6.92 Å². The number of allylic oxidation sites excluding steroid dienone is 1. The molecule has 4 saturated carbocycles. The number of aliphatic hydroxyl groups is 6. The minimum atomic E-state index is -0.991. The fourth-order valence-electron chi connectivity index (χ4n) is 19.6. The number of ketones is 1. The van der Waals surface area contributed by atoms with Gasteiger partial charge in [-0.15, -0.1) is 0 Å². The topological polar surface area (TPSA) is 330 Å². The SMILES string of the molecule is C=C(C)c1ccc(Cc2cc3c(=O)n([C@H]4CCCC[C@@H]4O)cnc3c3ccccc23)cn1.CC(=O)c1ccc(Cc2cc3c(=O)n([C@H]4CCCC[C@@H]4O)cnc3c3ccccc23)cn1.CC(C)(O)c1ccc(Cc2cc3c(=O)n([C@H]4CCCC[C@@H]4O)cnc3c3ccccc23)cn1.CC(C)(O)c1ccc(Cc2cc3c(=O)n([C@H]4CCCC[C@@H]4O)cnc3c3ccccc23)cn1.[Br-].[CH3-].[Mg+2]. The summed E-state index contributed by atoms with van der Waals surface area (Å²) in [6, 6.07) is 54.3. The van der Waals surface area contributed by atoms with E-state index in [0.717, 1.165) is 182 Å². The quantitative estimate of drug-likeness (QED) is 0.0226. The molecule has 8 aromatic carbocycles. The number of benzene rings is 8. The van der Waals surface area contributed by atoms with Gasteiger partial charge in [0.05, 0.1) is 135 Å². The Hall–Kier alpha value is -11.6. The van der Waals surface area contributed by atoms with Gasteiger partial charge < -0.3 is 55.0 Å². The van der Waals surface area contributed by atoms with Crippen molar-refractivity contribution in [1.82, 2.24) is 58.1 Å². The second kappa shape index (κ2) is 41.9. The summed E-state index contributed by atoms with van der Waals surface area (Å²) < 4.78 is 6.52. The number of pyridine rings is 4. The van der Waals surface area contributed by atoms with Crippen molar-refractivity contribution in [3.63, 3.8) is 0 Å². The predicted octanol–water partition coefficient (Wildman–Crippen LogP) is 14.8. The Kier molecular flexibility index (Phi) is 30.7. The van der Waals surface area contributed by atoms with Crippen molar-refractivity contribution in [1.29, 1.82) is 0 Å². The molecule has 0 bridgehead atoms. The van der Waals surface area contributed by atoms with Crippen molar-refractivity contribution in [2.75, 3.05) is 0 Å². The minimum absolute atomic E-state index is 0. The molecule has 680 valence electrons. The van der Waals surface area contributed by atoms with Gasteiger partial charge >= 0.3 is 23.1 Å². The third-order valence-electron chi connectivity index (χ3n) is 26.6. The van der Waals surface area contributed by atoms with Gasteiger partial charge in [0.2, 0.25) is 0 Å². The van der Waals surface area contributed by atoms with E-state index in [-0.39, 0.29) is 99.6 Å². The molecule has 4 aliphatic carbocycles. The molecule has 0 spiro atoms. The Morgan fingerprint density at radius 2 is 0.571 bits per heavy atom. The van der Waals surface area contributed by atoms with E-state index >= 15 is 0 Å². The third kappa shape index (κ3) is 20.9. The molecule has 0 aliphatic heterocycles. The molecular formula is C108H113BrMgN12O11. The molecule has 8 heterocycles. The van der Waals surface area contributed by atoms with Crippen LogP contribution in [0.25, 0.3) is 92.3 Å². The smallest absolute Gasteiger partial charge is 1.00 e. The van der Waals surface area contributed by atoms with E-state index in [0.29, 0.717) is 106 Å². The second-order valence-corrected chi connectivity index (χ2v) is 36.8. The summed E-state index contributed by atoms with van der Waals surface area (Å²) in [4.78, 5) is 102. The monoisotopic (exact) mass is 1860 g/mol. The van der Waals surface area contributed by atoms with Gasteiger partial charge in [-0.3, -0.25) is 62.2 Å². The van der Waals surface area contributed by atoms with Crippen molar-refractivity contribution in [2.24, 2.45) is 0 Å². The number of aliphatic hydroxyl groups excluding tert-OH is 4. The van der Waals surface area contributed by atoms with Crippen LogP contribution in [0.3, 0.4) is 0 Å². The molecule has 23 nitrogen and oxygen atoms in total. The van der Waals surface area contributed by atoms with Crippen molar-refractivity contribution >= 4 is 121 Å². The van der Waals surface area contributed by atoms with Gasteiger partial charge in [-0.25, -0.2) is 19.9 Å². The van der Waals surface area contributed by atoms with E-state index in [1.807, 2.05) is 153 Å². The Balaban J connectivity index is 0.000000141. The number of hydrogen-bond donors (Lipinski definition) is 6. The number of rotatable bonds is 16. The van der Waals surface area contributed by atoms with Crippen LogP contribution in [0.2, 0.25) is 0 Å². The van der Waals surface area contributed by atoms with Gasteiger partial charge in [0.15, 0.2) is 5.78 Å².